The summed E-state index contributed by atoms with van der Waals surface area (Å²) in [5.74, 6) is 0. The lowest BCUT2D eigenvalue weighted by molar-refractivity contribution is 1.31. The van der Waals surface area contributed by atoms with Crippen molar-refractivity contribution in [2.45, 2.75) is 0 Å². The summed E-state index contributed by atoms with van der Waals surface area (Å²) in [6.07, 6.45) is 0. The molecule has 0 aliphatic heterocycles. The van der Waals surface area contributed by atoms with Crippen molar-refractivity contribution in [3.8, 4) is 55.6 Å². The first-order valence-electron chi connectivity index (χ1n) is 23.1. The van der Waals surface area contributed by atoms with Crippen LogP contribution in [0.4, 0.5) is 0 Å². The summed E-state index contributed by atoms with van der Waals surface area (Å²) < 4.78 is 2.31. The van der Waals surface area contributed by atoms with Gasteiger partial charge in [-0.05, 0) is 153 Å². The minimum Gasteiger partial charge on any atom is -0.292 e. The summed E-state index contributed by atoms with van der Waals surface area (Å²) in [4.78, 5) is 5.13. The number of pyridine rings is 1. The number of imidazole rings is 1. The van der Waals surface area contributed by atoms with Gasteiger partial charge in [-0.3, -0.25) is 4.40 Å². The molecular weight excluding hydrogens is 809 g/mol. The third kappa shape index (κ3) is 6.00. The zero-order valence-electron chi connectivity index (χ0n) is 36.5. The van der Waals surface area contributed by atoms with Crippen LogP contribution >= 0.6 is 0 Å². The molecule has 14 aromatic rings. The van der Waals surface area contributed by atoms with Crippen molar-refractivity contribution in [3.63, 3.8) is 0 Å². The average Bonchev–Trinajstić information content (AvgIpc) is 3.80. The van der Waals surface area contributed by atoms with Crippen molar-refractivity contribution in [2.75, 3.05) is 0 Å². The van der Waals surface area contributed by atoms with Gasteiger partial charge in [0.25, 0.3) is 0 Å². The van der Waals surface area contributed by atoms with Crippen molar-refractivity contribution in [1.82, 2.24) is 9.38 Å². The summed E-state index contributed by atoms with van der Waals surface area (Å²) in [7, 11) is 0. The number of para-hydroxylation sites is 3. The zero-order valence-corrected chi connectivity index (χ0v) is 36.5. The molecule has 0 aliphatic rings. The monoisotopic (exact) mass is 848 g/mol. The van der Waals surface area contributed by atoms with Crippen LogP contribution in [0.25, 0.3) is 137 Å². The smallest absolute Gasteiger partial charge is 0.146 e. The Morgan fingerprint density at radius 3 is 1.31 bits per heavy atom. The largest absolute Gasteiger partial charge is 0.292 e. The SMILES string of the molecule is c1ccc2cc(-c3ccc(-c4c5ccccc5c(-c5ccc6ccccc6c5)c5cc(-c6ccc(-c7ccc8c(c7)c7ccccc7n7c9ccccc9nc87)cc6)ccc45)cc3)ccc2c1. The van der Waals surface area contributed by atoms with Crippen molar-refractivity contribution < 1.29 is 0 Å². The topological polar surface area (TPSA) is 17.3 Å². The van der Waals surface area contributed by atoms with Gasteiger partial charge >= 0.3 is 0 Å². The van der Waals surface area contributed by atoms with Crippen LogP contribution in [0.15, 0.2) is 243 Å². The van der Waals surface area contributed by atoms with E-state index in [0.29, 0.717) is 0 Å². The quantitative estimate of drug-likeness (QED) is 0.125. The Hall–Kier alpha value is -8.85. The van der Waals surface area contributed by atoms with Crippen molar-refractivity contribution in [1.29, 1.82) is 0 Å². The fourth-order valence-electron chi connectivity index (χ4n) is 10.9. The molecule has 0 saturated carbocycles. The molecule has 2 aromatic heterocycles. The van der Waals surface area contributed by atoms with Crippen LogP contribution < -0.4 is 0 Å². The van der Waals surface area contributed by atoms with Gasteiger partial charge < -0.3 is 0 Å². The van der Waals surface area contributed by atoms with E-state index < -0.39 is 0 Å². The van der Waals surface area contributed by atoms with Crippen molar-refractivity contribution >= 4 is 81.4 Å². The molecule has 0 atom stereocenters. The van der Waals surface area contributed by atoms with E-state index in [2.05, 4.69) is 247 Å². The number of benzene rings is 12. The molecular formula is C65H40N2. The van der Waals surface area contributed by atoms with E-state index in [1.807, 2.05) is 0 Å². The summed E-state index contributed by atoms with van der Waals surface area (Å²) in [6, 6.07) is 89.3. The molecule has 2 heterocycles. The highest BCUT2D eigenvalue weighted by molar-refractivity contribution is 6.22. The summed E-state index contributed by atoms with van der Waals surface area (Å²) in [6.45, 7) is 0. The van der Waals surface area contributed by atoms with Gasteiger partial charge in [0.2, 0.25) is 0 Å². The predicted molar refractivity (Wildman–Crippen MR) is 285 cm³/mol. The molecule has 2 nitrogen and oxygen atoms in total. The normalized spacial score (nSPS) is 11.9. The lowest BCUT2D eigenvalue weighted by atomic mass is 9.84. The Morgan fingerprint density at radius 1 is 0.239 bits per heavy atom. The third-order valence-corrected chi connectivity index (χ3v) is 14.1. The van der Waals surface area contributed by atoms with Gasteiger partial charge in [0.15, 0.2) is 0 Å². The van der Waals surface area contributed by atoms with Crippen LogP contribution in [0.3, 0.4) is 0 Å². The molecule has 12 aromatic carbocycles. The van der Waals surface area contributed by atoms with E-state index in [1.54, 1.807) is 0 Å². The molecule has 0 spiro atoms. The minimum atomic E-state index is 0.991. The van der Waals surface area contributed by atoms with Gasteiger partial charge in [0.05, 0.1) is 16.6 Å². The van der Waals surface area contributed by atoms with E-state index in [0.717, 1.165) is 22.1 Å². The van der Waals surface area contributed by atoms with Gasteiger partial charge in [0.1, 0.15) is 5.65 Å². The molecule has 0 saturated heterocycles. The van der Waals surface area contributed by atoms with Crippen LogP contribution in [-0.2, 0) is 0 Å². The zero-order chi connectivity index (χ0) is 44.0. The lowest BCUT2D eigenvalue weighted by Gasteiger charge is -2.19. The predicted octanol–water partition coefficient (Wildman–Crippen LogP) is 17.7. The van der Waals surface area contributed by atoms with Gasteiger partial charge in [-0.2, -0.15) is 0 Å². The second kappa shape index (κ2) is 14.9. The number of hydrogen-bond donors (Lipinski definition) is 0. The molecule has 0 aliphatic carbocycles. The van der Waals surface area contributed by atoms with Crippen LogP contribution in [0, 0.1) is 0 Å². The number of aromatic nitrogens is 2. The molecule has 310 valence electrons. The van der Waals surface area contributed by atoms with Crippen LogP contribution in [0.1, 0.15) is 0 Å². The average molecular weight is 849 g/mol. The minimum absolute atomic E-state index is 0.991. The maximum atomic E-state index is 5.13. The van der Waals surface area contributed by atoms with E-state index >= 15 is 0 Å². The van der Waals surface area contributed by atoms with Gasteiger partial charge in [0, 0.05) is 10.8 Å². The Kier molecular flexibility index (Phi) is 8.32. The van der Waals surface area contributed by atoms with E-state index in [9.17, 15) is 0 Å². The molecule has 0 amide bonds. The first-order valence-corrected chi connectivity index (χ1v) is 23.1. The number of nitrogens with zero attached hydrogens (tertiary/aromatic N) is 2. The first kappa shape index (κ1) is 37.5. The highest BCUT2D eigenvalue weighted by atomic mass is 15.0. The molecule has 67 heavy (non-hydrogen) atoms. The fourth-order valence-corrected chi connectivity index (χ4v) is 10.9. The summed E-state index contributed by atoms with van der Waals surface area (Å²) >= 11 is 0. The highest BCUT2D eigenvalue weighted by Crippen LogP contribution is 2.46. The molecule has 0 fully saturated rings. The molecule has 0 bridgehead atoms. The first-order chi connectivity index (χ1) is 33.2. The second-order valence-corrected chi connectivity index (χ2v) is 17.9. The molecule has 0 radical (unpaired) electrons. The maximum absolute atomic E-state index is 5.13. The van der Waals surface area contributed by atoms with E-state index in [-0.39, 0.29) is 0 Å². The standard InChI is InChI=1S/C65H40N2/c1-3-13-47-37-49(31-27-41(47)11-1)43-25-29-46(30-26-43)63-54-16-5-6-17-55(54)64(52-32-28-42-12-2-4-14-48(42)38-52)59-40-51(33-35-56(59)63)45-23-21-44(22-24-45)50-34-36-57-58(39-50)53-15-7-9-19-61(53)67-62-20-10-8-18-60(62)66-65(57)67/h1-40H. The molecule has 0 unspecified atom stereocenters. The van der Waals surface area contributed by atoms with Gasteiger partial charge in [-0.25, -0.2) is 4.98 Å². The van der Waals surface area contributed by atoms with E-state index in [1.165, 1.54) is 115 Å². The highest BCUT2D eigenvalue weighted by Gasteiger charge is 2.19. The number of fused-ring (bicyclic) bond motifs is 12. The fraction of sp³-hybridized carbons (Fsp3) is 0. The Morgan fingerprint density at radius 2 is 0.657 bits per heavy atom. The molecule has 14 rings (SSSR count). The van der Waals surface area contributed by atoms with Crippen molar-refractivity contribution in [3.05, 3.63) is 243 Å². The Bertz CT molecular complexity index is 4310. The maximum Gasteiger partial charge on any atom is 0.146 e. The van der Waals surface area contributed by atoms with Gasteiger partial charge in [-0.1, -0.05) is 194 Å². The second-order valence-electron chi connectivity index (χ2n) is 17.9. The third-order valence-electron chi connectivity index (χ3n) is 14.1. The number of hydrogen-bond acceptors (Lipinski definition) is 1. The lowest BCUT2D eigenvalue weighted by Crippen LogP contribution is -1.92. The van der Waals surface area contributed by atoms with Crippen LogP contribution in [0.2, 0.25) is 0 Å². The molecule has 2 heteroatoms. The Labute approximate surface area is 387 Å². The summed E-state index contributed by atoms with van der Waals surface area (Å²) in [5, 5.41) is 13.5. The summed E-state index contributed by atoms with van der Waals surface area (Å²) in [5.41, 5.74) is 16.4. The van der Waals surface area contributed by atoms with E-state index in [4.69, 9.17) is 4.98 Å². The molecule has 0 N–H and O–H groups in total. The number of rotatable bonds is 5. The Balaban J connectivity index is 0.912. The van der Waals surface area contributed by atoms with Crippen LogP contribution in [-0.4, -0.2) is 9.38 Å². The van der Waals surface area contributed by atoms with Crippen molar-refractivity contribution in [2.24, 2.45) is 0 Å². The van der Waals surface area contributed by atoms with Crippen LogP contribution in [0.5, 0.6) is 0 Å². The van der Waals surface area contributed by atoms with Gasteiger partial charge in [-0.15, -0.1) is 0 Å².